The summed E-state index contributed by atoms with van der Waals surface area (Å²) in [7, 11) is 0. The van der Waals surface area contributed by atoms with Crippen LogP contribution in [0.3, 0.4) is 0 Å². The Bertz CT molecular complexity index is 939. The normalized spacial score (nSPS) is 11.5. The molecule has 0 aliphatic carbocycles. The van der Waals surface area contributed by atoms with E-state index in [1.807, 2.05) is 37.4 Å². The Morgan fingerprint density at radius 2 is 1.52 bits per heavy atom. The Morgan fingerprint density at radius 1 is 0.815 bits per heavy atom. The fraction of sp³-hybridized carbons (Fsp3) is 0.125. The summed E-state index contributed by atoms with van der Waals surface area (Å²) in [5, 5.41) is 0. The molecule has 27 heavy (non-hydrogen) atoms. The predicted molar refractivity (Wildman–Crippen MR) is 109 cm³/mol. The van der Waals surface area contributed by atoms with Gasteiger partial charge in [-0.2, -0.15) is 0 Å². The molecule has 3 aromatic carbocycles. The molecule has 0 aromatic heterocycles. The molecule has 0 radical (unpaired) electrons. The lowest BCUT2D eigenvalue weighted by Crippen LogP contribution is -1.86. The van der Waals surface area contributed by atoms with Gasteiger partial charge in [-0.25, -0.2) is 8.78 Å². The van der Waals surface area contributed by atoms with Crippen molar-refractivity contribution in [2.24, 2.45) is 4.99 Å². The monoisotopic (exact) mass is 361 g/mol. The second kappa shape index (κ2) is 9.04. The Morgan fingerprint density at radius 3 is 2.19 bits per heavy atom. The van der Waals surface area contributed by atoms with E-state index in [-0.39, 0.29) is 0 Å². The quantitative estimate of drug-likeness (QED) is 0.335. The maximum atomic E-state index is 13.4. The van der Waals surface area contributed by atoms with Crippen molar-refractivity contribution in [3.63, 3.8) is 0 Å². The molecule has 0 bridgehead atoms. The first-order valence-electron chi connectivity index (χ1n) is 8.95. The molecule has 0 aliphatic heterocycles. The number of hydrogen-bond donors (Lipinski definition) is 0. The van der Waals surface area contributed by atoms with Crippen molar-refractivity contribution in [2.75, 3.05) is 0 Å². The van der Waals surface area contributed by atoms with E-state index in [9.17, 15) is 8.78 Å². The summed E-state index contributed by atoms with van der Waals surface area (Å²) < 4.78 is 26.4. The molecule has 0 aliphatic rings. The van der Waals surface area contributed by atoms with Crippen LogP contribution >= 0.6 is 0 Å². The minimum Gasteiger partial charge on any atom is -0.256 e. The predicted octanol–water partition coefficient (Wildman–Crippen LogP) is 6.89. The third-order valence-corrected chi connectivity index (χ3v) is 4.30. The van der Waals surface area contributed by atoms with Crippen LogP contribution in [0, 0.1) is 11.6 Å². The van der Waals surface area contributed by atoms with E-state index in [1.165, 1.54) is 11.6 Å². The van der Waals surface area contributed by atoms with Crippen LogP contribution in [-0.4, -0.2) is 6.21 Å². The summed E-state index contributed by atoms with van der Waals surface area (Å²) in [6.07, 6.45) is 8.14. The van der Waals surface area contributed by atoms with Crippen molar-refractivity contribution < 1.29 is 8.78 Å². The van der Waals surface area contributed by atoms with Gasteiger partial charge in [0.15, 0.2) is 11.6 Å². The Labute approximate surface area is 158 Å². The van der Waals surface area contributed by atoms with Crippen molar-refractivity contribution in [1.82, 2.24) is 0 Å². The summed E-state index contributed by atoms with van der Waals surface area (Å²) in [5.41, 5.74) is 4.60. The highest BCUT2D eigenvalue weighted by Crippen LogP contribution is 2.24. The lowest BCUT2D eigenvalue weighted by molar-refractivity contribution is 0.509. The summed E-state index contributed by atoms with van der Waals surface area (Å²) >= 11 is 0. The minimum absolute atomic E-state index is 0.637. The van der Waals surface area contributed by atoms with Gasteiger partial charge in [0.2, 0.25) is 0 Å². The van der Waals surface area contributed by atoms with Crippen LogP contribution in [0.2, 0.25) is 0 Å². The van der Waals surface area contributed by atoms with Gasteiger partial charge < -0.3 is 0 Å². The summed E-state index contributed by atoms with van der Waals surface area (Å²) in [5.74, 6) is -1.68. The average molecular weight is 361 g/mol. The van der Waals surface area contributed by atoms with Gasteiger partial charge >= 0.3 is 0 Å². The molecule has 0 heterocycles. The average Bonchev–Trinajstić information content (AvgIpc) is 2.70. The molecule has 0 amide bonds. The van der Waals surface area contributed by atoms with Crippen molar-refractivity contribution in [1.29, 1.82) is 0 Å². The molecule has 0 saturated carbocycles. The van der Waals surface area contributed by atoms with Crippen molar-refractivity contribution in [2.45, 2.75) is 19.8 Å². The maximum absolute atomic E-state index is 13.4. The summed E-state index contributed by atoms with van der Waals surface area (Å²) in [6, 6.07) is 19.7. The number of rotatable bonds is 6. The number of benzene rings is 3. The molecule has 0 spiro atoms. The molecule has 0 saturated heterocycles. The lowest BCUT2D eigenvalue weighted by Gasteiger charge is -2.03. The zero-order valence-corrected chi connectivity index (χ0v) is 15.2. The Hall–Kier alpha value is -3.07. The molecule has 3 rings (SSSR count). The molecule has 0 fully saturated rings. The van der Waals surface area contributed by atoms with Crippen molar-refractivity contribution in [3.05, 3.63) is 102 Å². The molecular weight excluding hydrogens is 340 g/mol. The molecule has 0 unspecified atom stereocenters. The fourth-order valence-electron chi connectivity index (χ4n) is 2.75. The number of aryl methyl sites for hydroxylation is 1. The third kappa shape index (κ3) is 5.20. The molecule has 3 aromatic rings. The van der Waals surface area contributed by atoms with Crippen LogP contribution in [-0.2, 0) is 6.42 Å². The van der Waals surface area contributed by atoms with Crippen LogP contribution in [0.15, 0.2) is 83.9 Å². The van der Waals surface area contributed by atoms with Gasteiger partial charge in [0, 0.05) is 6.21 Å². The third-order valence-electron chi connectivity index (χ3n) is 4.30. The van der Waals surface area contributed by atoms with Crippen LogP contribution < -0.4 is 0 Å². The first-order chi connectivity index (χ1) is 13.2. The maximum Gasteiger partial charge on any atom is 0.159 e. The number of nitrogens with zero attached hydrogens (tertiary/aromatic N) is 1. The van der Waals surface area contributed by atoms with E-state index in [0.29, 0.717) is 5.56 Å². The Kier molecular flexibility index (Phi) is 6.26. The van der Waals surface area contributed by atoms with Gasteiger partial charge in [-0.3, -0.25) is 4.99 Å². The van der Waals surface area contributed by atoms with Crippen LogP contribution in [0.25, 0.3) is 11.1 Å². The highest BCUT2D eigenvalue weighted by molar-refractivity contribution is 5.82. The number of halogens is 2. The second-order valence-corrected chi connectivity index (χ2v) is 6.28. The lowest BCUT2D eigenvalue weighted by atomic mass is 10.1. The topological polar surface area (TPSA) is 12.4 Å². The SMILES string of the molecule is C/C=C/CCc1ccc(C=Nc2ccc(-c3ccc(F)c(F)c3)cc2)cc1. The van der Waals surface area contributed by atoms with E-state index >= 15 is 0 Å². The van der Waals surface area contributed by atoms with Crippen LogP contribution in [0.4, 0.5) is 14.5 Å². The number of allylic oxidation sites excluding steroid dienone is 2. The van der Waals surface area contributed by atoms with Gasteiger partial charge in [-0.15, -0.1) is 0 Å². The molecule has 0 atom stereocenters. The van der Waals surface area contributed by atoms with E-state index in [4.69, 9.17) is 0 Å². The van der Waals surface area contributed by atoms with E-state index in [2.05, 4.69) is 41.4 Å². The molecule has 136 valence electrons. The van der Waals surface area contributed by atoms with E-state index in [1.54, 1.807) is 6.07 Å². The van der Waals surface area contributed by atoms with Gasteiger partial charge in [0.05, 0.1) is 5.69 Å². The van der Waals surface area contributed by atoms with E-state index in [0.717, 1.165) is 35.7 Å². The Balaban J connectivity index is 1.66. The summed E-state index contributed by atoms with van der Waals surface area (Å²) in [6.45, 7) is 2.03. The smallest absolute Gasteiger partial charge is 0.159 e. The van der Waals surface area contributed by atoms with Gasteiger partial charge in [-0.05, 0) is 66.3 Å². The zero-order valence-electron chi connectivity index (χ0n) is 15.2. The summed E-state index contributed by atoms with van der Waals surface area (Å²) in [4.78, 5) is 4.48. The van der Waals surface area contributed by atoms with Gasteiger partial charge in [-0.1, -0.05) is 54.6 Å². The fourth-order valence-corrected chi connectivity index (χ4v) is 2.75. The van der Waals surface area contributed by atoms with Crippen LogP contribution in [0.5, 0.6) is 0 Å². The molecular formula is C24H21F2N. The first-order valence-corrected chi connectivity index (χ1v) is 8.95. The number of aliphatic imine (C=N–C) groups is 1. The molecule has 0 N–H and O–H groups in total. The largest absolute Gasteiger partial charge is 0.256 e. The van der Waals surface area contributed by atoms with Crippen molar-refractivity contribution >= 4 is 11.9 Å². The van der Waals surface area contributed by atoms with Gasteiger partial charge in [0.1, 0.15) is 0 Å². The van der Waals surface area contributed by atoms with E-state index < -0.39 is 11.6 Å². The molecule has 1 nitrogen and oxygen atoms in total. The van der Waals surface area contributed by atoms with Crippen molar-refractivity contribution in [3.8, 4) is 11.1 Å². The zero-order chi connectivity index (χ0) is 19.1. The number of hydrogen-bond acceptors (Lipinski definition) is 1. The second-order valence-electron chi connectivity index (χ2n) is 6.28. The van der Waals surface area contributed by atoms with Gasteiger partial charge in [0.25, 0.3) is 0 Å². The highest BCUT2D eigenvalue weighted by atomic mass is 19.2. The minimum atomic E-state index is -0.844. The highest BCUT2D eigenvalue weighted by Gasteiger charge is 2.04. The standard InChI is InChI=1S/C24H21F2N/c1-2-3-4-5-18-6-8-19(9-7-18)17-27-22-13-10-20(11-14-22)21-12-15-23(25)24(26)16-21/h2-3,6-17H,4-5H2,1H3/b3-2+,27-17?. The first kappa shape index (κ1) is 18.7. The molecule has 3 heteroatoms. The van der Waals surface area contributed by atoms with Crippen LogP contribution in [0.1, 0.15) is 24.5 Å².